The van der Waals surface area contributed by atoms with E-state index < -0.39 is 5.97 Å². The molecular formula is C11H22N2O4. The topological polar surface area (TPSA) is 92.9 Å². The van der Waals surface area contributed by atoms with Crippen LogP contribution in [0.5, 0.6) is 0 Å². The van der Waals surface area contributed by atoms with Gasteiger partial charge in [0.15, 0.2) is 0 Å². The van der Waals surface area contributed by atoms with Gasteiger partial charge in [0.2, 0.25) is 5.91 Å². The quantitative estimate of drug-likeness (QED) is 0.593. The van der Waals surface area contributed by atoms with E-state index in [1.54, 1.807) is 0 Å². The Morgan fingerprint density at radius 3 is 2.53 bits per heavy atom. The van der Waals surface area contributed by atoms with Crippen LogP contribution in [0.15, 0.2) is 0 Å². The number of carboxylic acids is 1. The molecule has 0 saturated carbocycles. The number of methoxy groups -OCH3 is 1. The van der Waals surface area contributed by atoms with Gasteiger partial charge >= 0.3 is 5.97 Å². The van der Waals surface area contributed by atoms with Crippen molar-refractivity contribution in [2.45, 2.75) is 19.8 Å². The number of nitrogens with two attached hydrogens (primary N) is 1. The lowest BCUT2D eigenvalue weighted by Crippen LogP contribution is -2.39. The summed E-state index contributed by atoms with van der Waals surface area (Å²) in [6.45, 7) is 2.74. The number of amides is 1. The molecule has 0 heterocycles. The fraction of sp³-hybridized carbons (Fsp3) is 0.818. The van der Waals surface area contributed by atoms with Gasteiger partial charge in [-0.25, -0.2) is 0 Å². The predicted molar refractivity (Wildman–Crippen MR) is 63.5 cm³/mol. The molecule has 0 aliphatic rings. The Labute approximate surface area is 102 Å². The first-order valence-corrected chi connectivity index (χ1v) is 5.73. The maximum absolute atomic E-state index is 11.9. The number of carbonyl (C=O) groups is 2. The molecule has 1 atom stereocenters. The van der Waals surface area contributed by atoms with E-state index in [1.807, 2.05) is 6.92 Å². The SMILES string of the molecule is CCC(CN)CC(=O)N(CCOC)CC(=O)O. The fourth-order valence-electron chi connectivity index (χ4n) is 1.43. The maximum Gasteiger partial charge on any atom is 0.323 e. The van der Waals surface area contributed by atoms with E-state index in [4.69, 9.17) is 15.6 Å². The van der Waals surface area contributed by atoms with Crippen LogP contribution in [0.2, 0.25) is 0 Å². The maximum atomic E-state index is 11.9. The minimum atomic E-state index is -1.02. The molecule has 0 fully saturated rings. The smallest absolute Gasteiger partial charge is 0.323 e. The number of carbonyl (C=O) groups excluding carboxylic acids is 1. The van der Waals surface area contributed by atoms with E-state index in [0.29, 0.717) is 26.1 Å². The molecular weight excluding hydrogens is 224 g/mol. The normalized spacial score (nSPS) is 12.2. The van der Waals surface area contributed by atoms with Crippen LogP contribution in [0, 0.1) is 5.92 Å². The van der Waals surface area contributed by atoms with Crippen molar-refractivity contribution < 1.29 is 19.4 Å². The third kappa shape index (κ3) is 6.91. The van der Waals surface area contributed by atoms with Crippen LogP contribution in [0.1, 0.15) is 19.8 Å². The van der Waals surface area contributed by atoms with Gasteiger partial charge in [0.05, 0.1) is 6.61 Å². The van der Waals surface area contributed by atoms with E-state index in [-0.39, 0.29) is 18.4 Å². The van der Waals surface area contributed by atoms with Crippen molar-refractivity contribution in [3.8, 4) is 0 Å². The van der Waals surface area contributed by atoms with Crippen LogP contribution in [0.25, 0.3) is 0 Å². The zero-order valence-electron chi connectivity index (χ0n) is 10.5. The summed E-state index contributed by atoms with van der Waals surface area (Å²) in [5.74, 6) is -1.08. The lowest BCUT2D eigenvalue weighted by atomic mass is 10.0. The van der Waals surface area contributed by atoms with Crippen molar-refractivity contribution in [3.05, 3.63) is 0 Å². The molecule has 0 saturated heterocycles. The molecule has 1 amide bonds. The number of rotatable bonds is 9. The lowest BCUT2D eigenvalue weighted by Gasteiger charge is -2.22. The molecule has 0 bridgehead atoms. The second-order valence-electron chi connectivity index (χ2n) is 3.92. The van der Waals surface area contributed by atoms with Crippen molar-refractivity contribution in [1.29, 1.82) is 0 Å². The van der Waals surface area contributed by atoms with Crippen LogP contribution in [-0.4, -0.2) is 55.2 Å². The van der Waals surface area contributed by atoms with Crippen LogP contribution in [-0.2, 0) is 14.3 Å². The summed E-state index contributed by atoms with van der Waals surface area (Å²) in [6.07, 6.45) is 1.11. The van der Waals surface area contributed by atoms with Gasteiger partial charge in [0.1, 0.15) is 6.54 Å². The number of aliphatic carboxylic acids is 1. The number of hydrogen-bond donors (Lipinski definition) is 2. The van der Waals surface area contributed by atoms with Crippen LogP contribution in [0.3, 0.4) is 0 Å². The summed E-state index contributed by atoms with van der Waals surface area (Å²) in [4.78, 5) is 23.8. The Hall–Kier alpha value is -1.14. The van der Waals surface area contributed by atoms with Gasteiger partial charge in [0, 0.05) is 20.1 Å². The number of hydrogen-bond acceptors (Lipinski definition) is 4. The molecule has 0 aromatic rings. The van der Waals surface area contributed by atoms with Gasteiger partial charge in [-0.3, -0.25) is 9.59 Å². The summed E-state index contributed by atoms with van der Waals surface area (Å²) in [5.41, 5.74) is 5.52. The van der Waals surface area contributed by atoms with Crippen molar-refractivity contribution in [3.63, 3.8) is 0 Å². The first-order valence-electron chi connectivity index (χ1n) is 5.73. The van der Waals surface area contributed by atoms with Crippen molar-refractivity contribution >= 4 is 11.9 Å². The van der Waals surface area contributed by atoms with Crippen LogP contribution >= 0.6 is 0 Å². The van der Waals surface area contributed by atoms with Gasteiger partial charge in [-0.2, -0.15) is 0 Å². The third-order valence-corrected chi connectivity index (χ3v) is 2.62. The summed E-state index contributed by atoms with van der Waals surface area (Å²) in [6, 6.07) is 0. The molecule has 0 aromatic heterocycles. The summed E-state index contributed by atoms with van der Waals surface area (Å²) in [7, 11) is 1.51. The zero-order valence-corrected chi connectivity index (χ0v) is 10.5. The number of carboxylic acid groups (broad SMARTS) is 1. The van der Waals surface area contributed by atoms with Gasteiger partial charge in [-0.05, 0) is 12.5 Å². The first-order chi connectivity index (χ1) is 8.04. The van der Waals surface area contributed by atoms with Gasteiger partial charge in [-0.15, -0.1) is 0 Å². The molecule has 0 aliphatic heterocycles. The zero-order chi connectivity index (χ0) is 13.3. The van der Waals surface area contributed by atoms with Crippen LogP contribution in [0.4, 0.5) is 0 Å². The second-order valence-corrected chi connectivity index (χ2v) is 3.92. The molecule has 0 aliphatic carbocycles. The van der Waals surface area contributed by atoms with E-state index in [9.17, 15) is 9.59 Å². The molecule has 6 nitrogen and oxygen atoms in total. The lowest BCUT2D eigenvalue weighted by molar-refractivity contribution is -0.145. The largest absolute Gasteiger partial charge is 0.480 e. The predicted octanol–water partition coefficient (Wildman–Crippen LogP) is -0.0790. The monoisotopic (exact) mass is 246 g/mol. The molecule has 6 heteroatoms. The van der Waals surface area contributed by atoms with Gasteiger partial charge in [0.25, 0.3) is 0 Å². The highest BCUT2D eigenvalue weighted by Crippen LogP contribution is 2.08. The highest BCUT2D eigenvalue weighted by Gasteiger charge is 2.19. The Kier molecular flexibility index (Phi) is 8.35. The molecule has 100 valence electrons. The Bertz CT molecular complexity index is 242. The van der Waals surface area contributed by atoms with E-state index >= 15 is 0 Å². The highest BCUT2D eigenvalue weighted by molar-refractivity contribution is 5.81. The van der Waals surface area contributed by atoms with Crippen molar-refractivity contribution in [2.24, 2.45) is 11.7 Å². The third-order valence-electron chi connectivity index (χ3n) is 2.62. The summed E-state index contributed by atoms with van der Waals surface area (Å²) < 4.78 is 4.85. The molecule has 3 N–H and O–H groups in total. The van der Waals surface area contributed by atoms with Crippen molar-refractivity contribution in [2.75, 3.05) is 33.4 Å². The van der Waals surface area contributed by atoms with Crippen molar-refractivity contribution in [1.82, 2.24) is 4.90 Å². The molecule has 0 aromatic carbocycles. The molecule has 17 heavy (non-hydrogen) atoms. The summed E-state index contributed by atoms with van der Waals surface area (Å²) in [5, 5.41) is 8.72. The van der Waals surface area contributed by atoms with Crippen LogP contribution < -0.4 is 5.73 Å². The Morgan fingerprint density at radius 2 is 2.12 bits per heavy atom. The molecule has 0 radical (unpaired) electrons. The van der Waals surface area contributed by atoms with E-state index in [1.165, 1.54) is 12.0 Å². The number of ether oxygens (including phenoxy) is 1. The minimum absolute atomic E-state index is 0.112. The van der Waals surface area contributed by atoms with Gasteiger partial charge < -0.3 is 20.5 Å². The standard InChI is InChI=1S/C11H22N2O4/c1-3-9(7-12)6-10(14)13(4-5-17-2)8-11(15)16/h9H,3-8,12H2,1-2H3,(H,15,16). The molecule has 1 unspecified atom stereocenters. The average molecular weight is 246 g/mol. The highest BCUT2D eigenvalue weighted by atomic mass is 16.5. The van der Waals surface area contributed by atoms with Gasteiger partial charge in [-0.1, -0.05) is 13.3 Å². The molecule has 0 spiro atoms. The summed E-state index contributed by atoms with van der Waals surface area (Å²) >= 11 is 0. The Balaban J connectivity index is 4.34. The Morgan fingerprint density at radius 1 is 1.47 bits per heavy atom. The van der Waals surface area contributed by atoms with E-state index in [0.717, 1.165) is 6.42 Å². The fourth-order valence-corrected chi connectivity index (χ4v) is 1.43. The number of nitrogens with zero attached hydrogens (tertiary/aromatic N) is 1. The first kappa shape index (κ1) is 15.9. The molecule has 0 rings (SSSR count). The second kappa shape index (κ2) is 8.95. The minimum Gasteiger partial charge on any atom is -0.480 e. The van der Waals surface area contributed by atoms with E-state index in [2.05, 4.69) is 0 Å². The average Bonchev–Trinajstić information content (AvgIpc) is 2.30.